The van der Waals surface area contributed by atoms with Crippen LogP contribution in [0.5, 0.6) is 0 Å². The van der Waals surface area contributed by atoms with Crippen molar-refractivity contribution in [2.75, 3.05) is 0 Å². The van der Waals surface area contributed by atoms with E-state index in [0.29, 0.717) is 0 Å². The van der Waals surface area contributed by atoms with Crippen molar-refractivity contribution in [1.29, 1.82) is 0 Å². The van der Waals surface area contributed by atoms with Crippen LogP contribution >= 0.6 is 30.0 Å². The maximum absolute atomic E-state index is 13.4. The molecule has 100 valence electrons. The number of hydrogen-bond acceptors (Lipinski definition) is 4. The molecular formula is C14H15O2PS2. The first-order chi connectivity index (χ1) is 9.20. The Hall–Kier alpha value is -0.830. The zero-order chi connectivity index (χ0) is 13.5. The van der Waals surface area contributed by atoms with Gasteiger partial charge in [-0.2, -0.15) is 0 Å². The predicted octanol–water partition coefficient (Wildman–Crippen LogP) is 4.60. The summed E-state index contributed by atoms with van der Waals surface area (Å²) in [6.07, 6.45) is 1.70. The van der Waals surface area contributed by atoms with Gasteiger partial charge in [-0.3, -0.25) is 4.57 Å². The van der Waals surface area contributed by atoms with Crippen LogP contribution in [0.25, 0.3) is 5.57 Å². The lowest BCUT2D eigenvalue weighted by Crippen LogP contribution is -2.20. The summed E-state index contributed by atoms with van der Waals surface area (Å²) >= 11 is 3.06. The molecule has 2 aromatic rings. The van der Waals surface area contributed by atoms with Crippen molar-refractivity contribution in [2.45, 2.75) is 26.7 Å². The molecule has 0 aromatic carbocycles. The van der Waals surface area contributed by atoms with Crippen molar-refractivity contribution in [3.8, 4) is 0 Å². The van der Waals surface area contributed by atoms with E-state index in [4.69, 9.17) is 4.52 Å². The van der Waals surface area contributed by atoms with E-state index in [1.54, 1.807) is 11.3 Å². The number of rotatable bonds is 3. The third kappa shape index (κ3) is 1.94. The lowest BCUT2D eigenvalue weighted by molar-refractivity contribution is 0.407. The molecule has 5 heteroatoms. The normalized spacial score (nSPS) is 22.2. The van der Waals surface area contributed by atoms with Crippen LogP contribution in [0, 0.1) is 0 Å². The van der Waals surface area contributed by atoms with Crippen LogP contribution in [0.3, 0.4) is 0 Å². The van der Waals surface area contributed by atoms with Gasteiger partial charge in [-0.1, -0.05) is 19.9 Å². The molecule has 0 amide bonds. The Kier molecular flexibility index (Phi) is 3.42. The average molecular weight is 310 g/mol. The fourth-order valence-corrected chi connectivity index (χ4v) is 7.69. The Morgan fingerprint density at radius 1 is 1.16 bits per heavy atom. The van der Waals surface area contributed by atoms with Gasteiger partial charge in [0.05, 0.1) is 0 Å². The SMILES string of the molecule is CCC1=C(CC)c2ccsc2P(=O)(c2cccs2)O1. The van der Waals surface area contributed by atoms with Crippen LogP contribution in [-0.4, -0.2) is 0 Å². The van der Waals surface area contributed by atoms with Gasteiger partial charge in [0.15, 0.2) is 0 Å². The summed E-state index contributed by atoms with van der Waals surface area (Å²) in [5, 5.41) is 3.97. The van der Waals surface area contributed by atoms with E-state index in [9.17, 15) is 4.57 Å². The summed E-state index contributed by atoms with van der Waals surface area (Å²) in [7, 11) is -2.90. The minimum absolute atomic E-state index is 0.786. The van der Waals surface area contributed by atoms with Crippen LogP contribution in [0.1, 0.15) is 32.3 Å². The number of fused-ring (bicyclic) bond motifs is 1. The van der Waals surface area contributed by atoms with Crippen LogP contribution in [0.2, 0.25) is 0 Å². The van der Waals surface area contributed by atoms with Gasteiger partial charge in [0.25, 0.3) is 0 Å². The Balaban J connectivity index is 2.24. The Bertz CT molecular complexity index is 667. The van der Waals surface area contributed by atoms with E-state index < -0.39 is 7.37 Å². The molecular weight excluding hydrogens is 295 g/mol. The van der Waals surface area contributed by atoms with Crippen molar-refractivity contribution < 1.29 is 9.09 Å². The number of hydrogen-bond donors (Lipinski definition) is 0. The maximum Gasteiger partial charge on any atom is 0.326 e. The maximum atomic E-state index is 13.4. The Morgan fingerprint density at radius 3 is 2.63 bits per heavy atom. The van der Waals surface area contributed by atoms with Crippen LogP contribution < -0.4 is 9.24 Å². The molecule has 0 fully saturated rings. The summed E-state index contributed by atoms with van der Waals surface area (Å²) in [6, 6.07) is 5.93. The second-order valence-electron chi connectivity index (χ2n) is 4.34. The molecule has 0 spiro atoms. The second-order valence-corrected chi connectivity index (χ2v) is 9.03. The summed E-state index contributed by atoms with van der Waals surface area (Å²) < 4.78 is 21.1. The Morgan fingerprint density at radius 2 is 2.00 bits per heavy atom. The zero-order valence-corrected chi connectivity index (χ0v) is 13.4. The summed E-state index contributed by atoms with van der Waals surface area (Å²) in [6.45, 7) is 4.18. The van der Waals surface area contributed by atoms with E-state index in [0.717, 1.165) is 33.4 Å². The molecule has 0 bridgehead atoms. The van der Waals surface area contributed by atoms with Gasteiger partial charge in [0.2, 0.25) is 0 Å². The highest BCUT2D eigenvalue weighted by Crippen LogP contribution is 2.55. The topological polar surface area (TPSA) is 26.3 Å². The van der Waals surface area contributed by atoms with Crippen molar-refractivity contribution >= 4 is 44.9 Å². The largest absolute Gasteiger partial charge is 0.440 e. The third-order valence-electron chi connectivity index (χ3n) is 3.28. The van der Waals surface area contributed by atoms with Crippen molar-refractivity contribution in [3.05, 3.63) is 40.3 Å². The highest BCUT2D eigenvalue weighted by molar-refractivity contribution is 7.83. The van der Waals surface area contributed by atoms with E-state index in [2.05, 4.69) is 19.9 Å². The fraction of sp³-hybridized carbons (Fsp3) is 0.286. The van der Waals surface area contributed by atoms with E-state index >= 15 is 0 Å². The van der Waals surface area contributed by atoms with Crippen LogP contribution in [0.4, 0.5) is 0 Å². The van der Waals surface area contributed by atoms with Gasteiger partial charge in [-0.05, 0) is 34.9 Å². The molecule has 3 heterocycles. The third-order valence-corrected chi connectivity index (χ3v) is 8.73. The van der Waals surface area contributed by atoms with Gasteiger partial charge in [-0.25, -0.2) is 0 Å². The highest BCUT2D eigenvalue weighted by Gasteiger charge is 2.40. The molecule has 19 heavy (non-hydrogen) atoms. The molecule has 0 saturated carbocycles. The monoisotopic (exact) mass is 310 g/mol. The van der Waals surface area contributed by atoms with E-state index in [1.807, 2.05) is 22.9 Å². The molecule has 1 aliphatic heterocycles. The van der Waals surface area contributed by atoms with Gasteiger partial charge in [0.1, 0.15) is 15.0 Å². The molecule has 1 atom stereocenters. The van der Waals surface area contributed by atoms with E-state index in [-0.39, 0.29) is 0 Å². The molecule has 2 nitrogen and oxygen atoms in total. The number of thiophene rings is 2. The van der Waals surface area contributed by atoms with Crippen molar-refractivity contribution in [2.24, 2.45) is 0 Å². The van der Waals surface area contributed by atoms with Crippen LogP contribution in [-0.2, 0) is 9.09 Å². The molecule has 0 aliphatic carbocycles. The molecule has 0 N–H and O–H groups in total. The van der Waals surface area contributed by atoms with Gasteiger partial charge >= 0.3 is 7.37 Å². The fourth-order valence-electron chi connectivity index (χ4n) is 2.41. The van der Waals surface area contributed by atoms with Crippen LogP contribution in [0.15, 0.2) is 34.7 Å². The smallest absolute Gasteiger partial charge is 0.326 e. The first-order valence-corrected chi connectivity index (χ1v) is 9.73. The molecule has 3 rings (SSSR count). The first-order valence-electron chi connectivity index (χ1n) is 6.34. The quantitative estimate of drug-likeness (QED) is 0.774. The lowest BCUT2D eigenvalue weighted by atomic mass is 10.0. The zero-order valence-electron chi connectivity index (χ0n) is 10.9. The molecule has 1 aliphatic rings. The van der Waals surface area contributed by atoms with Crippen molar-refractivity contribution in [1.82, 2.24) is 0 Å². The van der Waals surface area contributed by atoms with Gasteiger partial charge in [-0.15, -0.1) is 22.7 Å². The molecule has 2 aromatic heterocycles. The van der Waals surface area contributed by atoms with Crippen molar-refractivity contribution in [3.63, 3.8) is 0 Å². The first kappa shape index (κ1) is 13.2. The summed E-state index contributed by atoms with van der Waals surface area (Å²) in [4.78, 5) is 0. The van der Waals surface area contributed by atoms with Gasteiger partial charge in [0, 0.05) is 12.0 Å². The molecule has 0 saturated heterocycles. The number of allylic oxidation sites excluding steroid dienone is 2. The minimum Gasteiger partial charge on any atom is -0.440 e. The summed E-state index contributed by atoms with van der Waals surface area (Å²) in [5.41, 5.74) is 2.34. The molecule has 1 unspecified atom stereocenters. The standard InChI is InChI=1S/C14H15O2PS2/c1-3-10-11-7-9-19-14(11)17(15,16-12(10)4-2)13-6-5-8-18-13/h5-9H,3-4H2,1-2H3. The predicted molar refractivity (Wildman–Crippen MR) is 84.1 cm³/mol. The van der Waals surface area contributed by atoms with Gasteiger partial charge < -0.3 is 4.52 Å². The minimum atomic E-state index is -2.90. The molecule has 0 radical (unpaired) electrons. The van der Waals surface area contributed by atoms with E-state index in [1.165, 1.54) is 16.9 Å². The Labute approximate surface area is 121 Å². The summed E-state index contributed by atoms with van der Waals surface area (Å²) in [5.74, 6) is 0.894. The highest BCUT2D eigenvalue weighted by atomic mass is 32.1. The second kappa shape index (κ2) is 4.93. The lowest BCUT2D eigenvalue weighted by Gasteiger charge is -2.27. The average Bonchev–Trinajstić information content (AvgIpc) is 3.09.